The van der Waals surface area contributed by atoms with Gasteiger partial charge in [-0.2, -0.15) is 0 Å². The maximum absolute atomic E-state index is 5.02. The van der Waals surface area contributed by atoms with E-state index >= 15 is 0 Å². The van der Waals surface area contributed by atoms with E-state index in [-0.39, 0.29) is 0 Å². The standard InChI is InChI=1S/C15H23NO/c1-17-11-3-2-10-16-12-13-4-6-14(7-5-13)15-8-9-15/h4-7,15-16H,2-3,8-12H2,1H3. The molecule has 1 saturated carbocycles. The summed E-state index contributed by atoms with van der Waals surface area (Å²) in [6.45, 7) is 2.93. The Labute approximate surface area is 104 Å². The Bertz CT molecular complexity index is 316. The van der Waals surface area contributed by atoms with Crippen LogP contribution in [0.15, 0.2) is 24.3 Å². The van der Waals surface area contributed by atoms with Crippen molar-refractivity contribution in [2.24, 2.45) is 0 Å². The molecule has 0 saturated heterocycles. The second kappa shape index (κ2) is 6.77. The summed E-state index contributed by atoms with van der Waals surface area (Å²) in [5.74, 6) is 0.867. The van der Waals surface area contributed by atoms with Gasteiger partial charge in [-0.1, -0.05) is 24.3 Å². The van der Waals surface area contributed by atoms with Crippen molar-refractivity contribution in [1.82, 2.24) is 5.32 Å². The molecule has 0 aromatic heterocycles. The van der Waals surface area contributed by atoms with Crippen LogP contribution in [0, 0.1) is 0 Å². The van der Waals surface area contributed by atoms with Crippen molar-refractivity contribution in [3.8, 4) is 0 Å². The number of rotatable bonds is 8. The van der Waals surface area contributed by atoms with E-state index in [1.807, 2.05) is 0 Å². The van der Waals surface area contributed by atoms with Crippen LogP contribution in [0.5, 0.6) is 0 Å². The van der Waals surface area contributed by atoms with E-state index in [1.54, 1.807) is 7.11 Å². The summed E-state index contributed by atoms with van der Waals surface area (Å²) in [5.41, 5.74) is 2.91. The lowest BCUT2D eigenvalue weighted by Gasteiger charge is -2.06. The smallest absolute Gasteiger partial charge is 0.0462 e. The molecule has 1 N–H and O–H groups in total. The maximum Gasteiger partial charge on any atom is 0.0462 e. The third kappa shape index (κ3) is 4.49. The van der Waals surface area contributed by atoms with E-state index in [9.17, 15) is 0 Å². The normalized spacial score (nSPS) is 15.1. The topological polar surface area (TPSA) is 21.3 Å². The summed E-state index contributed by atoms with van der Waals surface area (Å²) in [7, 11) is 1.76. The van der Waals surface area contributed by atoms with Gasteiger partial charge in [0.2, 0.25) is 0 Å². The Kier molecular flexibility index (Phi) is 5.02. The Morgan fingerprint density at radius 2 is 1.94 bits per heavy atom. The van der Waals surface area contributed by atoms with E-state index in [1.165, 1.54) is 30.4 Å². The highest BCUT2D eigenvalue weighted by atomic mass is 16.5. The first-order valence-electron chi connectivity index (χ1n) is 6.68. The Morgan fingerprint density at radius 3 is 2.59 bits per heavy atom. The van der Waals surface area contributed by atoms with Crippen molar-refractivity contribution in [3.63, 3.8) is 0 Å². The number of unbranched alkanes of at least 4 members (excludes halogenated alkanes) is 1. The minimum absolute atomic E-state index is 0.867. The second-order valence-corrected chi connectivity index (χ2v) is 4.89. The number of hydrogen-bond acceptors (Lipinski definition) is 2. The lowest BCUT2D eigenvalue weighted by atomic mass is 10.1. The third-order valence-electron chi connectivity index (χ3n) is 3.31. The van der Waals surface area contributed by atoms with Gasteiger partial charge < -0.3 is 10.1 Å². The highest BCUT2D eigenvalue weighted by Gasteiger charge is 2.22. The van der Waals surface area contributed by atoms with Gasteiger partial charge in [-0.05, 0) is 49.3 Å². The van der Waals surface area contributed by atoms with Crippen LogP contribution in [0.1, 0.15) is 42.7 Å². The van der Waals surface area contributed by atoms with Crippen LogP contribution in [0.4, 0.5) is 0 Å². The van der Waals surface area contributed by atoms with Gasteiger partial charge >= 0.3 is 0 Å². The van der Waals surface area contributed by atoms with Gasteiger partial charge in [-0.15, -0.1) is 0 Å². The fourth-order valence-corrected chi connectivity index (χ4v) is 2.05. The molecule has 1 aliphatic rings. The largest absolute Gasteiger partial charge is 0.385 e. The van der Waals surface area contributed by atoms with Crippen molar-refractivity contribution in [1.29, 1.82) is 0 Å². The van der Waals surface area contributed by atoms with Crippen LogP contribution in [0.3, 0.4) is 0 Å². The predicted molar refractivity (Wildman–Crippen MR) is 71.2 cm³/mol. The van der Waals surface area contributed by atoms with Crippen molar-refractivity contribution < 1.29 is 4.74 Å². The second-order valence-electron chi connectivity index (χ2n) is 4.89. The zero-order valence-corrected chi connectivity index (χ0v) is 10.7. The summed E-state index contributed by atoms with van der Waals surface area (Å²) in [4.78, 5) is 0. The van der Waals surface area contributed by atoms with Crippen LogP contribution < -0.4 is 5.32 Å². The molecular weight excluding hydrogens is 210 g/mol. The van der Waals surface area contributed by atoms with E-state index in [0.717, 1.165) is 32.0 Å². The van der Waals surface area contributed by atoms with E-state index in [4.69, 9.17) is 4.74 Å². The minimum atomic E-state index is 0.867. The minimum Gasteiger partial charge on any atom is -0.385 e. The molecule has 1 aliphatic carbocycles. The summed E-state index contributed by atoms with van der Waals surface area (Å²) >= 11 is 0. The van der Waals surface area contributed by atoms with Gasteiger partial charge in [0.05, 0.1) is 0 Å². The molecule has 0 aliphatic heterocycles. The zero-order chi connectivity index (χ0) is 11.9. The van der Waals surface area contributed by atoms with Crippen LogP contribution in [0.25, 0.3) is 0 Å². The molecule has 0 atom stereocenters. The SMILES string of the molecule is COCCCCNCc1ccc(C2CC2)cc1. The maximum atomic E-state index is 5.02. The molecular formula is C15H23NO. The van der Waals surface area contributed by atoms with Gasteiger partial charge in [0.15, 0.2) is 0 Å². The first-order chi connectivity index (χ1) is 8.40. The quantitative estimate of drug-likeness (QED) is 0.697. The Balaban J connectivity index is 1.61. The third-order valence-corrected chi connectivity index (χ3v) is 3.31. The summed E-state index contributed by atoms with van der Waals surface area (Å²) in [5, 5.41) is 3.47. The lowest BCUT2D eigenvalue weighted by Crippen LogP contribution is -2.15. The predicted octanol–water partition coefficient (Wildman–Crippen LogP) is 3.08. The molecule has 0 bridgehead atoms. The van der Waals surface area contributed by atoms with Crippen molar-refractivity contribution >= 4 is 0 Å². The Morgan fingerprint density at radius 1 is 1.18 bits per heavy atom. The summed E-state index contributed by atoms with van der Waals surface area (Å²) in [6, 6.07) is 9.10. The number of nitrogens with one attached hydrogen (secondary N) is 1. The average Bonchev–Trinajstić information content (AvgIpc) is 3.19. The summed E-state index contributed by atoms with van der Waals surface area (Å²) in [6.07, 6.45) is 5.10. The molecule has 1 aromatic rings. The Hall–Kier alpha value is -0.860. The molecule has 1 fully saturated rings. The number of methoxy groups -OCH3 is 1. The summed E-state index contributed by atoms with van der Waals surface area (Å²) < 4.78 is 5.02. The molecule has 94 valence electrons. The first-order valence-corrected chi connectivity index (χ1v) is 6.68. The molecule has 2 rings (SSSR count). The number of ether oxygens (including phenoxy) is 1. The number of benzene rings is 1. The van der Waals surface area contributed by atoms with Crippen molar-refractivity contribution in [2.45, 2.75) is 38.1 Å². The van der Waals surface area contributed by atoms with Gasteiger partial charge in [0.1, 0.15) is 0 Å². The fourth-order valence-electron chi connectivity index (χ4n) is 2.05. The lowest BCUT2D eigenvalue weighted by molar-refractivity contribution is 0.192. The molecule has 17 heavy (non-hydrogen) atoms. The van der Waals surface area contributed by atoms with Crippen LogP contribution >= 0.6 is 0 Å². The van der Waals surface area contributed by atoms with Crippen LogP contribution in [0.2, 0.25) is 0 Å². The van der Waals surface area contributed by atoms with Crippen LogP contribution in [-0.4, -0.2) is 20.3 Å². The molecule has 0 unspecified atom stereocenters. The van der Waals surface area contributed by atoms with Gasteiger partial charge in [0.25, 0.3) is 0 Å². The van der Waals surface area contributed by atoms with Crippen molar-refractivity contribution in [2.75, 3.05) is 20.3 Å². The van der Waals surface area contributed by atoms with Gasteiger partial charge in [0, 0.05) is 20.3 Å². The van der Waals surface area contributed by atoms with Gasteiger partial charge in [-0.25, -0.2) is 0 Å². The average molecular weight is 233 g/mol. The van der Waals surface area contributed by atoms with E-state index < -0.39 is 0 Å². The van der Waals surface area contributed by atoms with Gasteiger partial charge in [-0.3, -0.25) is 0 Å². The molecule has 0 amide bonds. The molecule has 2 heteroatoms. The monoisotopic (exact) mass is 233 g/mol. The van der Waals surface area contributed by atoms with E-state index in [2.05, 4.69) is 29.6 Å². The highest BCUT2D eigenvalue weighted by molar-refractivity contribution is 5.27. The van der Waals surface area contributed by atoms with E-state index in [0.29, 0.717) is 0 Å². The molecule has 1 aromatic carbocycles. The highest BCUT2D eigenvalue weighted by Crippen LogP contribution is 2.39. The first kappa shape index (κ1) is 12.6. The van der Waals surface area contributed by atoms with Crippen molar-refractivity contribution in [3.05, 3.63) is 35.4 Å². The van der Waals surface area contributed by atoms with Crippen LogP contribution in [-0.2, 0) is 11.3 Å². The zero-order valence-electron chi connectivity index (χ0n) is 10.7. The molecule has 0 heterocycles. The number of hydrogen-bond donors (Lipinski definition) is 1. The molecule has 0 spiro atoms. The molecule has 2 nitrogen and oxygen atoms in total. The molecule has 0 radical (unpaired) electrons. The fraction of sp³-hybridized carbons (Fsp3) is 0.600.